The van der Waals surface area contributed by atoms with E-state index in [1.54, 1.807) is 0 Å². The van der Waals surface area contributed by atoms with Gasteiger partial charge in [0.05, 0.1) is 12.4 Å². The van der Waals surface area contributed by atoms with Crippen molar-refractivity contribution in [3.05, 3.63) is 16.7 Å². The van der Waals surface area contributed by atoms with E-state index in [4.69, 9.17) is 5.73 Å². The Bertz CT molecular complexity index is 349. The molecule has 1 aromatic heterocycles. The van der Waals surface area contributed by atoms with Crippen molar-refractivity contribution in [3.63, 3.8) is 0 Å². The Balaban J connectivity index is 2.68. The maximum absolute atomic E-state index is 11.0. The second-order valence-corrected chi connectivity index (χ2v) is 2.94. The molecule has 0 aliphatic carbocycles. The Morgan fingerprint density at radius 3 is 3.14 bits per heavy atom. The Labute approximate surface area is 81.2 Å². The highest BCUT2D eigenvalue weighted by Crippen LogP contribution is 2.07. The molecule has 0 amide bonds. The average Bonchev–Trinajstić information content (AvgIpc) is 2.20. The normalized spacial score (nSPS) is 12.4. The summed E-state index contributed by atoms with van der Waals surface area (Å²) in [6, 6.07) is 0. The molecular weight excluding hydrogens is 184 g/mol. The van der Waals surface area contributed by atoms with Gasteiger partial charge in [0.25, 0.3) is 5.56 Å². The lowest BCUT2D eigenvalue weighted by Gasteiger charge is -2.10. The average molecular weight is 198 g/mol. The number of aromatic nitrogens is 2. The van der Waals surface area contributed by atoms with Crippen LogP contribution in [0.15, 0.2) is 11.1 Å². The molecule has 78 valence electrons. The Morgan fingerprint density at radius 1 is 1.79 bits per heavy atom. The summed E-state index contributed by atoms with van der Waals surface area (Å²) in [7, 11) is 0. The van der Waals surface area contributed by atoms with Crippen LogP contribution in [0.3, 0.4) is 0 Å². The quantitative estimate of drug-likeness (QED) is 0.524. The maximum Gasteiger partial charge on any atom is 0.276 e. The van der Waals surface area contributed by atoms with Gasteiger partial charge in [-0.2, -0.15) is 0 Å². The van der Waals surface area contributed by atoms with Gasteiger partial charge in [-0.25, -0.2) is 4.98 Å². The highest BCUT2D eigenvalue weighted by molar-refractivity contribution is 5.58. The third kappa shape index (κ3) is 2.46. The zero-order valence-corrected chi connectivity index (χ0v) is 7.95. The van der Waals surface area contributed by atoms with Gasteiger partial charge in [-0.15, -0.1) is 0 Å². The summed E-state index contributed by atoms with van der Waals surface area (Å²) in [6.45, 7) is 2.19. The molecule has 0 saturated carbocycles. The molecule has 6 heteroatoms. The number of H-pyrrole nitrogens is 1. The number of aliphatic hydroxyl groups excluding tert-OH is 1. The molecule has 0 aliphatic heterocycles. The Kier molecular flexibility index (Phi) is 3.47. The van der Waals surface area contributed by atoms with Crippen LogP contribution in [0.1, 0.15) is 13.3 Å². The van der Waals surface area contributed by atoms with Crippen molar-refractivity contribution < 1.29 is 5.11 Å². The van der Waals surface area contributed by atoms with Crippen molar-refractivity contribution in [1.29, 1.82) is 0 Å². The van der Waals surface area contributed by atoms with Gasteiger partial charge in [0.1, 0.15) is 5.69 Å². The smallest absolute Gasteiger partial charge is 0.276 e. The minimum atomic E-state index is -0.463. The van der Waals surface area contributed by atoms with Gasteiger partial charge in [-0.3, -0.25) is 4.79 Å². The van der Waals surface area contributed by atoms with E-state index < -0.39 is 6.10 Å². The summed E-state index contributed by atoms with van der Waals surface area (Å²) >= 11 is 0. The second kappa shape index (κ2) is 4.61. The lowest BCUT2D eigenvalue weighted by atomic mass is 10.3. The summed E-state index contributed by atoms with van der Waals surface area (Å²) in [5, 5.41) is 12.1. The molecule has 6 nitrogen and oxygen atoms in total. The summed E-state index contributed by atoms with van der Waals surface area (Å²) < 4.78 is 0. The van der Waals surface area contributed by atoms with Crippen LogP contribution >= 0.6 is 0 Å². The summed E-state index contributed by atoms with van der Waals surface area (Å²) in [4.78, 5) is 17.2. The lowest BCUT2D eigenvalue weighted by molar-refractivity contribution is 0.183. The zero-order valence-electron chi connectivity index (χ0n) is 7.95. The van der Waals surface area contributed by atoms with Crippen LogP contribution in [0.2, 0.25) is 0 Å². The SMILES string of the molecule is CCC(O)CNc1nc[nH]c(=O)c1N. The maximum atomic E-state index is 11.0. The van der Waals surface area contributed by atoms with Crippen LogP contribution in [-0.4, -0.2) is 27.7 Å². The van der Waals surface area contributed by atoms with Gasteiger partial charge in [-0.05, 0) is 6.42 Å². The molecule has 1 heterocycles. The van der Waals surface area contributed by atoms with E-state index >= 15 is 0 Å². The monoisotopic (exact) mass is 198 g/mol. The number of nitrogens with two attached hydrogens (primary N) is 1. The largest absolute Gasteiger partial charge is 0.391 e. The first-order valence-corrected chi connectivity index (χ1v) is 4.40. The number of nitrogen functional groups attached to an aromatic ring is 1. The van der Waals surface area contributed by atoms with Gasteiger partial charge in [0.2, 0.25) is 0 Å². The van der Waals surface area contributed by atoms with Crippen LogP contribution in [0, 0.1) is 0 Å². The molecule has 1 aromatic rings. The van der Waals surface area contributed by atoms with E-state index in [0.29, 0.717) is 18.8 Å². The van der Waals surface area contributed by atoms with Gasteiger partial charge in [0, 0.05) is 6.54 Å². The zero-order chi connectivity index (χ0) is 10.6. The summed E-state index contributed by atoms with van der Waals surface area (Å²) in [6.07, 6.45) is 1.44. The molecule has 0 aliphatic rings. The molecular formula is C8H14N4O2. The van der Waals surface area contributed by atoms with Gasteiger partial charge < -0.3 is 21.1 Å². The van der Waals surface area contributed by atoms with E-state index in [2.05, 4.69) is 15.3 Å². The molecule has 1 unspecified atom stereocenters. The predicted molar refractivity (Wildman–Crippen MR) is 54.1 cm³/mol. The highest BCUT2D eigenvalue weighted by atomic mass is 16.3. The number of rotatable bonds is 4. The molecule has 0 radical (unpaired) electrons. The third-order valence-corrected chi connectivity index (χ3v) is 1.87. The molecule has 1 atom stereocenters. The van der Waals surface area contributed by atoms with Crippen LogP contribution < -0.4 is 16.6 Å². The van der Waals surface area contributed by atoms with Crippen LogP contribution in [-0.2, 0) is 0 Å². The fourth-order valence-electron chi connectivity index (χ4n) is 0.910. The molecule has 0 spiro atoms. The molecule has 0 bridgehead atoms. The van der Waals surface area contributed by atoms with Gasteiger partial charge in [-0.1, -0.05) is 6.92 Å². The fraction of sp³-hybridized carbons (Fsp3) is 0.500. The van der Waals surface area contributed by atoms with Crippen molar-refractivity contribution in [1.82, 2.24) is 9.97 Å². The number of anilines is 2. The minimum absolute atomic E-state index is 0.0378. The topological polar surface area (TPSA) is 104 Å². The molecule has 0 aromatic carbocycles. The van der Waals surface area contributed by atoms with Gasteiger partial charge in [0.15, 0.2) is 5.82 Å². The van der Waals surface area contributed by atoms with Crippen LogP contribution in [0.4, 0.5) is 11.5 Å². The first-order valence-electron chi connectivity index (χ1n) is 4.40. The Hall–Kier alpha value is -1.56. The number of aromatic amines is 1. The van der Waals surface area contributed by atoms with Crippen LogP contribution in [0.5, 0.6) is 0 Å². The molecule has 5 N–H and O–H groups in total. The van der Waals surface area contributed by atoms with Crippen molar-refractivity contribution in [3.8, 4) is 0 Å². The van der Waals surface area contributed by atoms with E-state index in [1.807, 2.05) is 6.92 Å². The molecule has 14 heavy (non-hydrogen) atoms. The summed E-state index contributed by atoms with van der Waals surface area (Å²) in [5.41, 5.74) is 5.12. The van der Waals surface area contributed by atoms with Crippen molar-refractivity contribution >= 4 is 11.5 Å². The lowest BCUT2D eigenvalue weighted by Crippen LogP contribution is -2.22. The molecule has 1 rings (SSSR count). The Morgan fingerprint density at radius 2 is 2.50 bits per heavy atom. The molecule has 0 fully saturated rings. The van der Waals surface area contributed by atoms with E-state index in [-0.39, 0.29) is 11.2 Å². The minimum Gasteiger partial charge on any atom is -0.391 e. The van der Waals surface area contributed by atoms with Gasteiger partial charge >= 0.3 is 0 Å². The third-order valence-electron chi connectivity index (χ3n) is 1.87. The van der Waals surface area contributed by atoms with Crippen molar-refractivity contribution in [2.45, 2.75) is 19.4 Å². The second-order valence-electron chi connectivity index (χ2n) is 2.94. The van der Waals surface area contributed by atoms with Crippen molar-refractivity contribution in [2.75, 3.05) is 17.6 Å². The van der Waals surface area contributed by atoms with Crippen LogP contribution in [0.25, 0.3) is 0 Å². The number of nitrogens with zero attached hydrogens (tertiary/aromatic N) is 1. The van der Waals surface area contributed by atoms with E-state index in [0.717, 1.165) is 0 Å². The highest BCUT2D eigenvalue weighted by Gasteiger charge is 2.05. The molecule has 0 saturated heterocycles. The number of hydrogen-bond acceptors (Lipinski definition) is 5. The predicted octanol–water partition coefficient (Wildman–Crippen LogP) is -0.465. The first-order chi connectivity index (χ1) is 6.65. The number of hydrogen-bond donors (Lipinski definition) is 4. The van der Waals surface area contributed by atoms with E-state index in [1.165, 1.54) is 6.33 Å². The first kappa shape index (κ1) is 10.5. The standard InChI is InChI=1S/C8H14N4O2/c1-2-5(13)3-10-7-6(9)8(14)12-4-11-7/h4-5,13H,2-3,9H2,1H3,(H2,10,11,12,14). The van der Waals surface area contributed by atoms with E-state index in [9.17, 15) is 9.90 Å². The summed E-state index contributed by atoms with van der Waals surface area (Å²) in [5.74, 6) is 0.307. The number of aliphatic hydroxyl groups is 1. The van der Waals surface area contributed by atoms with Crippen molar-refractivity contribution in [2.24, 2.45) is 0 Å². The number of nitrogens with one attached hydrogen (secondary N) is 2. The fourth-order valence-corrected chi connectivity index (χ4v) is 0.910.